The van der Waals surface area contributed by atoms with Crippen LogP contribution in [0.1, 0.15) is 30.9 Å². The molecule has 0 saturated heterocycles. The number of carbonyl (C=O) groups is 3. The van der Waals surface area contributed by atoms with E-state index in [1.165, 1.54) is 12.1 Å². The van der Waals surface area contributed by atoms with Gasteiger partial charge in [-0.1, -0.05) is 18.2 Å². The van der Waals surface area contributed by atoms with E-state index in [1.54, 1.807) is 31.2 Å². The smallest absolute Gasteiger partial charge is 0.416 e. The van der Waals surface area contributed by atoms with Crippen LogP contribution >= 0.6 is 0 Å². The predicted molar refractivity (Wildman–Crippen MR) is 117 cm³/mol. The molecule has 1 aliphatic carbocycles. The Balaban J connectivity index is 1.64. The van der Waals surface area contributed by atoms with Gasteiger partial charge >= 0.3 is 12.1 Å². The van der Waals surface area contributed by atoms with E-state index in [0.29, 0.717) is 17.0 Å². The molecule has 182 valence electrons. The summed E-state index contributed by atoms with van der Waals surface area (Å²) in [5.41, 5.74) is 0.141. The van der Waals surface area contributed by atoms with Gasteiger partial charge in [0.15, 0.2) is 6.61 Å². The summed E-state index contributed by atoms with van der Waals surface area (Å²) >= 11 is 0. The van der Waals surface area contributed by atoms with Gasteiger partial charge in [-0.15, -0.1) is 0 Å². The molecule has 0 aromatic heterocycles. The molecule has 1 N–H and O–H groups in total. The zero-order chi connectivity index (χ0) is 24.7. The van der Waals surface area contributed by atoms with Gasteiger partial charge in [-0.05, 0) is 49.6 Å². The second-order valence-corrected chi connectivity index (χ2v) is 7.83. The first-order valence-corrected chi connectivity index (χ1v) is 10.8. The molecule has 1 fully saturated rings. The minimum absolute atomic E-state index is 0.0350. The van der Waals surface area contributed by atoms with Crippen molar-refractivity contribution in [2.45, 2.75) is 32.5 Å². The number of nitrogens with one attached hydrogen (secondary N) is 1. The number of esters is 1. The molecule has 1 saturated carbocycles. The molecule has 0 unspecified atom stereocenters. The summed E-state index contributed by atoms with van der Waals surface area (Å²) in [6.45, 7) is 0.847. The molecule has 7 nitrogen and oxygen atoms in total. The molecule has 1 aliphatic rings. The number of nitrogens with zero attached hydrogens (tertiary/aromatic N) is 1. The van der Waals surface area contributed by atoms with Crippen molar-refractivity contribution in [1.82, 2.24) is 4.90 Å². The van der Waals surface area contributed by atoms with Crippen LogP contribution in [0.2, 0.25) is 0 Å². The maximum Gasteiger partial charge on any atom is 0.416 e. The van der Waals surface area contributed by atoms with Gasteiger partial charge in [0.05, 0.1) is 12.2 Å². The predicted octanol–water partition coefficient (Wildman–Crippen LogP) is 4.02. The molecule has 0 atom stereocenters. The Hall–Kier alpha value is -3.56. The van der Waals surface area contributed by atoms with E-state index in [4.69, 9.17) is 9.47 Å². The topological polar surface area (TPSA) is 84.9 Å². The zero-order valence-corrected chi connectivity index (χ0v) is 18.6. The van der Waals surface area contributed by atoms with Crippen LogP contribution in [0.25, 0.3) is 0 Å². The number of ether oxygens (including phenoxy) is 2. The van der Waals surface area contributed by atoms with Crippen molar-refractivity contribution in [3.05, 3.63) is 59.7 Å². The second kappa shape index (κ2) is 11.0. The number of alkyl halides is 3. The third kappa shape index (κ3) is 7.50. The molecule has 10 heteroatoms. The average Bonchev–Trinajstić information content (AvgIpc) is 3.63. The van der Waals surface area contributed by atoms with E-state index in [1.807, 2.05) is 0 Å². The van der Waals surface area contributed by atoms with Crippen LogP contribution in [0.4, 0.5) is 18.9 Å². The lowest BCUT2D eigenvalue weighted by atomic mass is 10.1. The van der Waals surface area contributed by atoms with Gasteiger partial charge in [0, 0.05) is 24.2 Å². The number of benzene rings is 2. The van der Waals surface area contributed by atoms with Crippen LogP contribution in [-0.4, -0.2) is 42.4 Å². The number of rotatable bonds is 10. The van der Waals surface area contributed by atoms with Crippen molar-refractivity contribution >= 4 is 23.5 Å². The Morgan fingerprint density at radius 2 is 1.79 bits per heavy atom. The van der Waals surface area contributed by atoms with Crippen LogP contribution in [0.15, 0.2) is 48.5 Å². The fourth-order valence-corrected chi connectivity index (χ4v) is 3.10. The van der Waals surface area contributed by atoms with Crippen molar-refractivity contribution in [2.75, 3.05) is 25.1 Å². The zero-order valence-electron chi connectivity index (χ0n) is 18.6. The number of hydrogen-bond donors (Lipinski definition) is 1. The first kappa shape index (κ1) is 25.1. The number of anilines is 1. The third-order valence-corrected chi connectivity index (χ3v) is 5.04. The molecule has 0 aliphatic heterocycles. The highest BCUT2D eigenvalue weighted by Gasteiger charge is 2.30. The lowest BCUT2D eigenvalue weighted by Gasteiger charge is -2.22. The molecule has 3 rings (SSSR count). The number of halogens is 3. The van der Waals surface area contributed by atoms with Gasteiger partial charge in [0.2, 0.25) is 5.91 Å². The Kier molecular flexibility index (Phi) is 8.14. The van der Waals surface area contributed by atoms with Crippen molar-refractivity contribution < 1.29 is 37.0 Å². The standard InChI is InChI=1S/C24H25F3N2O5/c1-2-33-22(31)14-29(13-16-6-10-18(11-7-16)24(25,26)27)21(30)15-34-20-5-3-4-19(12-20)28-23(32)17-8-9-17/h3-7,10-12,17H,2,8-9,13-15H2,1H3,(H,28,32). The molecule has 34 heavy (non-hydrogen) atoms. The van der Waals surface area contributed by atoms with Gasteiger partial charge in [-0.2, -0.15) is 13.2 Å². The van der Waals surface area contributed by atoms with Crippen LogP contribution < -0.4 is 10.1 Å². The number of hydrogen-bond acceptors (Lipinski definition) is 5. The van der Waals surface area contributed by atoms with E-state index in [-0.39, 0.29) is 31.5 Å². The van der Waals surface area contributed by atoms with Crippen molar-refractivity contribution in [2.24, 2.45) is 5.92 Å². The van der Waals surface area contributed by atoms with Crippen LogP contribution in [0, 0.1) is 5.92 Å². The molecule has 2 amide bonds. The van der Waals surface area contributed by atoms with Crippen LogP contribution in [0.3, 0.4) is 0 Å². The maximum absolute atomic E-state index is 12.8. The van der Waals surface area contributed by atoms with Gasteiger partial charge in [0.25, 0.3) is 5.91 Å². The monoisotopic (exact) mass is 478 g/mol. The van der Waals surface area contributed by atoms with E-state index in [0.717, 1.165) is 29.9 Å². The summed E-state index contributed by atoms with van der Waals surface area (Å²) in [5.74, 6) is -0.890. The minimum Gasteiger partial charge on any atom is -0.484 e. The summed E-state index contributed by atoms with van der Waals surface area (Å²) in [6, 6.07) is 10.9. The van der Waals surface area contributed by atoms with Crippen molar-refractivity contribution in [1.29, 1.82) is 0 Å². The summed E-state index contributed by atoms with van der Waals surface area (Å²) in [4.78, 5) is 37.8. The Bertz CT molecular complexity index is 1020. The Morgan fingerprint density at radius 3 is 2.41 bits per heavy atom. The fourth-order valence-electron chi connectivity index (χ4n) is 3.10. The van der Waals surface area contributed by atoms with Gasteiger partial charge in [-0.25, -0.2) is 0 Å². The molecule has 0 bridgehead atoms. The first-order chi connectivity index (χ1) is 16.2. The third-order valence-electron chi connectivity index (χ3n) is 5.04. The van der Waals surface area contributed by atoms with Gasteiger partial charge in [-0.3, -0.25) is 14.4 Å². The number of carbonyl (C=O) groups excluding carboxylic acids is 3. The van der Waals surface area contributed by atoms with E-state index in [2.05, 4.69) is 5.32 Å². The average molecular weight is 478 g/mol. The SMILES string of the molecule is CCOC(=O)CN(Cc1ccc(C(F)(F)F)cc1)C(=O)COc1cccc(NC(=O)C2CC2)c1. The molecule has 0 spiro atoms. The van der Waals surface area contributed by atoms with Gasteiger partial charge < -0.3 is 19.7 Å². The van der Waals surface area contributed by atoms with Crippen molar-refractivity contribution in [3.8, 4) is 5.75 Å². The second-order valence-electron chi connectivity index (χ2n) is 7.83. The molecule has 2 aromatic rings. The summed E-state index contributed by atoms with van der Waals surface area (Å²) < 4.78 is 48.9. The summed E-state index contributed by atoms with van der Waals surface area (Å²) in [6.07, 6.45) is -2.74. The Labute approximate surface area is 194 Å². The fraction of sp³-hybridized carbons (Fsp3) is 0.375. The normalized spacial score (nSPS) is 13.2. The molecule has 2 aromatic carbocycles. The maximum atomic E-state index is 12.8. The molecular formula is C24H25F3N2O5. The van der Waals surface area contributed by atoms with Crippen LogP contribution in [-0.2, 0) is 31.8 Å². The molecular weight excluding hydrogens is 453 g/mol. The van der Waals surface area contributed by atoms with E-state index >= 15 is 0 Å². The lowest BCUT2D eigenvalue weighted by molar-refractivity contribution is -0.150. The molecule has 0 heterocycles. The van der Waals surface area contributed by atoms with Gasteiger partial charge in [0.1, 0.15) is 12.3 Å². The largest absolute Gasteiger partial charge is 0.484 e. The summed E-state index contributed by atoms with van der Waals surface area (Å²) in [5, 5.41) is 2.79. The van der Waals surface area contributed by atoms with E-state index < -0.39 is 30.2 Å². The highest BCUT2D eigenvalue weighted by Crippen LogP contribution is 2.31. The summed E-state index contributed by atoms with van der Waals surface area (Å²) in [7, 11) is 0. The number of amides is 2. The quantitative estimate of drug-likeness (QED) is 0.522. The van der Waals surface area contributed by atoms with Crippen LogP contribution in [0.5, 0.6) is 5.75 Å². The van der Waals surface area contributed by atoms with E-state index in [9.17, 15) is 27.6 Å². The highest BCUT2D eigenvalue weighted by molar-refractivity contribution is 5.94. The molecule has 0 radical (unpaired) electrons. The highest BCUT2D eigenvalue weighted by atomic mass is 19.4. The first-order valence-electron chi connectivity index (χ1n) is 10.8. The van der Waals surface area contributed by atoms with Crippen molar-refractivity contribution in [3.63, 3.8) is 0 Å². The Morgan fingerprint density at radius 1 is 1.09 bits per heavy atom. The minimum atomic E-state index is -4.47. The lowest BCUT2D eigenvalue weighted by Crippen LogP contribution is -2.39.